The summed E-state index contributed by atoms with van der Waals surface area (Å²) < 4.78 is 10.8. The quantitative estimate of drug-likeness (QED) is 0.0744. The zero-order valence-electron chi connectivity index (χ0n) is 37.7. The van der Waals surface area contributed by atoms with Crippen LogP contribution >= 0.6 is 0 Å². The summed E-state index contributed by atoms with van der Waals surface area (Å²) in [4.78, 5) is 59.0. The molecule has 0 saturated carbocycles. The van der Waals surface area contributed by atoms with E-state index in [1.165, 1.54) is 0 Å². The molecule has 0 bridgehead atoms. The van der Waals surface area contributed by atoms with Crippen LogP contribution in [0.25, 0.3) is 0 Å². The number of alkyl carbamates (subject to hydrolysis) is 2. The zero-order valence-corrected chi connectivity index (χ0v) is 37.7. The average molecular weight is 856 g/mol. The van der Waals surface area contributed by atoms with Gasteiger partial charge in [-0.2, -0.15) is 0 Å². The minimum Gasteiger partial charge on any atom is -0.444 e. The van der Waals surface area contributed by atoms with Crippen LogP contribution in [-0.2, 0) is 51.3 Å². The summed E-state index contributed by atoms with van der Waals surface area (Å²) in [6.45, 7) is 11.4. The van der Waals surface area contributed by atoms with Crippen molar-refractivity contribution >= 4 is 23.9 Å². The van der Waals surface area contributed by atoms with Gasteiger partial charge in [0.1, 0.15) is 11.2 Å². The highest BCUT2D eigenvalue weighted by Crippen LogP contribution is 2.19. The van der Waals surface area contributed by atoms with Crippen molar-refractivity contribution in [1.82, 2.24) is 25.9 Å². The topological polar surface area (TPSA) is 149 Å². The van der Waals surface area contributed by atoms with Gasteiger partial charge in [-0.05, 0) is 126 Å². The SMILES string of the molecule is CC(C)(C)OC(=O)N[C@@H](Cc1ccccc1)C(=O)CCCc1cccnc1.CC(C)(C)OC(=O)N[C@H](CC[C@@H](Cc1ccccc1)C(=O)NCc1cccnc1)Cc1ccccc1. The van der Waals surface area contributed by atoms with Gasteiger partial charge in [-0.15, -0.1) is 0 Å². The Hall–Kier alpha value is -6.36. The van der Waals surface area contributed by atoms with Gasteiger partial charge in [0.25, 0.3) is 0 Å². The summed E-state index contributed by atoms with van der Waals surface area (Å²) in [5.41, 5.74) is 4.11. The lowest BCUT2D eigenvalue weighted by atomic mass is 9.90. The molecule has 11 heteroatoms. The summed E-state index contributed by atoms with van der Waals surface area (Å²) >= 11 is 0. The maximum absolute atomic E-state index is 13.3. The lowest BCUT2D eigenvalue weighted by molar-refractivity contribution is -0.125. The normalized spacial score (nSPS) is 12.6. The van der Waals surface area contributed by atoms with Crippen molar-refractivity contribution in [1.29, 1.82) is 0 Å². The molecule has 0 unspecified atom stereocenters. The predicted octanol–water partition coefficient (Wildman–Crippen LogP) is 9.58. The molecule has 0 spiro atoms. The summed E-state index contributed by atoms with van der Waals surface area (Å²) in [6.07, 6.45) is 10.9. The van der Waals surface area contributed by atoms with E-state index in [1.54, 1.807) is 39.4 Å². The highest BCUT2D eigenvalue weighted by atomic mass is 16.6. The smallest absolute Gasteiger partial charge is 0.408 e. The van der Waals surface area contributed by atoms with Crippen LogP contribution in [0.4, 0.5) is 9.59 Å². The number of pyridine rings is 2. The van der Waals surface area contributed by atoms with Crippen LogP contribution in [-0.4, -0.2) is 57.1 Å². The molecule has 334 valence electrons. The summed E-state index contributed by atoms with van der Waals surface area (Å²) in [6, 6.07) is 36.7. The highest BCUT2D eigenvalue weighted by Gasteiger charge is 2.26. The first-order chi connectivity index (χ1) is 30.1. The second-order valence-corrected chi connectivity index (χ2v) is 17.6. The number of carbonyl (C=O) groups is 4. The van der Waals surface area contributed by atoms with E-state index in [4.69, 9.17) is 9.47 Å². The number of hydrogen-bond acceptors (Lipinski definition) is 8. The summed E-state index contributed by atoms with van der Waals surface area (Å²) in [7, 11) is 0. The molecule has 2 aromatic heterocycles. The average Bonchev–Trinajstić information content (AvgIpc) is 3.24. The number of carbonyl (C=O) groups excluding carboxylic acids is 4. The Morgan fingerprint density at radius 2 is 1.03 bits per heavy atom. The van der Waals surface area contributed by atoms with Gasteiger partial charge in [0.2, 0.25) is 5.91 Å². The highest BCUT2D eigenvalue weighted by molar-refractivity contribution is 5.87. The van der Waals surface area contributed by atoms with Crippen LogP contribution in [0.1, 0.15) is 95.0 Å². The number of nitrogens with one attached hydrogen (secondary N) is 3. The van der Waals surface area contributed by atoms with Crippen LogP contribution in [0.3, 0.4) is 0 Å². The lowest BCUT2D eigenvalue weighted by Gasteiger charge is -2.25. The minimum atomic E-state index is -0.606. The number of aromatic nitrogens is 2. The van der Waals surface area contributed by atoms with Crippen LogP contribution < -0.4 is 16.0 Å². The predicted molar refractivity (Wildman–Crippen MR) is 248 cm³/mol. The van der Waals surface area contributed by atoms with Crippen molar-refractivity contribution < 1.29 is 28.7 Å². The van der Waals surface area contributed by atoms with Crippen molar-refractivity contribution in [3.63, 3.8) is 0 Å². The van der Waals surface area contributed by atoms with E-state index < -0.39 is 29.4 Å². The first kappa shape index (κ1) is 49.3. The van der Waals surface area contributed by atoms with Gasteiger partial charge in [-0.3, -0.25) is 19.6 Å². The molecule has 5 rings (SSSR count). The molecule has 0 saturated heterocycles. The molecular weight excluding hydrogens is 791 g/mol. The number of ketones is 1. The molecule has 0 aliphatic rings. The van der Waals surface area contributed by atoms with Crippen LogP contribution in [0.15, 0.2) is 140 Å². The molecule has 0 aliphatic heterocycles. The van der Waals surface area contributed by atoms with Crippen LogP contribution in [0, 0.1) is 5.92 Å². The van der Waals surface area contributed by atoms with E-state index in [9.17, 15) is 19.2 Å². The number of aryl methyl sites for hydroxylation is 1. The molecule has 5 aromatic rings. The van der Waals surface area contributed by atoms with Crippen molar-refractivity contribution in [2.24, 2.45) is 5.92 Å². The maximum Gasteiger partial charge on any atom is 0.408 e. The van der Waals surface area contributed by atoms with E-state index in [2.05, 4.69) is 25.9 Å². The first-order valence-corrected chi connectivity index (χ1v) is 21.8. The maximum atomic E-state index is 13.3. The van der Waals surface area contributed by atoms with Crippen molar-refractivity contribution in [3.8, 4) is 0 Å². The van der Waals surface area contributed by atoms with Gasteiger partial charge < -0.3 is 25.4 Å². The van der Waals surface area contributed by atoms with Crippen LogP contribution in [0.5, 0.6) is 0 Å². The number of rotatable bonds is 19. The third kappa shape index (κ3) is 20.8. The van der Waals surface area contributed by atoms with Crippen molar-refractivity contribution in [2.45, 2.75) is 123 Å². The van der Waals surface area contributed by atoms with E-state index in [1.807, 2.05) is 142 Å². The largest absolute Gasteiger partial charge is 0.444 e. The van der Waals surface area contributed by atoms with Crippen molar-refractivity contribution in [2.75, 3.05) is 0 Å². The van der Waals surface area contributed by atoms with Gasteiger partial charge in [0.05, 0.1) is 6.04 Å². The molecule has 3 amide bonds. The molecule has 0 radical (unpaired) electrons. The van der Waals surface area contributed by atoms with Gasteiger partial charge in [0.15, 0.2) is 5.78 Å². The Kier molecular flexibility index (Phi) is 20.0. The third-order valence-electron chi connectivity index (χ3n) is 9.77. The molecule has 0 fully saturated rings. The number of nitrogens with zero attached hydrogens (tertiary/aromatic N) is 2. The van der Waals surface area contributed by atoms with Gasteiger partial charge >= 0.3 is 12.2 Å². The van der Waals surface area contributed by atoms with Crippen molar-refractivity contribution in [3.05, 3.63) is 168 Å². The number of benzene rings is 3. The fourth-order valence-electron chi connectivity index (χ4n) is 6.79. The first-order valence-electron chi connectivity index (χ1n) is 21.8. The molecule has 0 aliphatic carbocycles. The number of ether oxygens (including phenoxy) is 2. The second-order valence-electron chi connectivity index (χ2n) is 17.6. The zero-order chi connectivity index (χ0) is 45.5. The molecule has 3 aromatic carbocycles. The van der Waals surface area contributed by atoms with Gasteiger partial charge in [-0.25, -0.2) is 9.59 Å². The monoisotopic (exact) mass is 855 g/mol. The summed E-state index contributed by atoms with van der Waals surface area (Å²) in [5, 5.41) is 8.86. The van der Waals surface area contributed by atoms with E-state index in [0.29, 0.717) is 51.5 Å². The second kappa shape index (κ2) is 25.5. The molecular formula is C52H65N5O6. The summed E-state index contributed by atoms with van der Waals surface area (Å²) in [5.74, 6) is -0.227. The van der Waals surface area contributed by atoms with E-state index in [0.717, 1.165) is 34.2 Å². The number of hydrogen-bond donors (Lipinski definition) is 3. The Balaban J connectivity index is 0.000000288. The standard InChI is InChI=1S/C30H37N3O3.C22H28N2O3/c1-30(2,3)36-29(35)33-27(20-24-13-8-5-9-14-24)17-16-26(19-23-11-6-4-7-12-23)28(34)32-22-25-15-10-18-31-21-25;1-22(2,3)27-21(26)24-19(15-17-9-5-4-6-10-17)20(25)13-7-11-18-12-8-14-23-16-18/h4-15,18,21,26-27H,16-17,19-20,22H2,1-3H3,(H,32,34)(H,33,35);4-6,8-10,12,14,16,19H,7,11,13,15H2,1-3H3,(H,24,26)/t26-,27+;19-/m00/s1. The molecule has 3 N–H and O–H groups in total. The minimum absolute atomic E-state index is 0.00145. The lowest BCUT2D eigenvalue weighted by Crippen LogP contribution is -2.44. The molecule has 2 heterocycles. The molecule has 11 nitrogen and oxygen atoms in total. The van der Waals surface area contributed by atoms with Crippen LogP contribution in [0.2, 0.25) is 0 Å². The van der Waals surface area contributed by atoms with E-state index in [-0.39, 0.29) is 23.7 Å². The Labute approximate surface area is 373 Å². The third-order valence-corrected chi connectivity index (χ3v) is 9.77. The van der Waals surface area contributed by atoms with Gasteiger partial charge in [0, 0.05) is 49.7 Å². The van der Waals surface area contributed by atoms with E-state index >= 15 is 0 Å². The molecule has 3 atom stereocenters. The number of Topliss-reactive ketones (excluding diaryl/α,β-unsaturated/α-hetero) is 1. The Morgan fingerprint density at radius 1 is 0.556 bits per heavy atom. The Morgan fingerprint density at radius 3 is 1.54 bits per heavy atom. The molecule has 63 heavy (non-hydrogen) atoms. The van der Waals surface area contributed by atoms with Gasteiger partial charge in [-0.1, -0.05) is 103 Å². The number of amides is 3. The fraction of sp³-hybridized carbons (Fsp3) is 0.385. The Bertz CT molecular complexity index is 2090. The fourth-order valence-corrected chi connectivity index (χ4v) is 6.79.